The molecule has 144 valence electrons. The van der Waals surface area contributed by atoms with Gasteiger partial charge >= 0.3 is 0 Å². The van der Waals surface area contributed by atoms with Crippen molar-refractivity contribution in [2.24, 2.45) is 7.05 Å². The summed E-state index contributed by atoms with van der Waals surface area (Å²) in [7, 11) is 1.72. The second-order valence-electron chi connectivity index (χ2n) is 6.28. The zero-order chi connectivity index (χ0) is 20.1. The van der Waals surface area contributed by atoms with Crippen LogP contribution in [0.25, 0.3) is 11.0 Å². The number of hydrogen-bond acceptors (Lipinski definition) is 6. The summed E-state index contributed by atoms with van der Waals surface area (Å²) in [6.45, 7) is 2.44. The minimum Gasteiger partial charge on any atom is -0.493 e. The van der Waals surface area contributed by atoms with Gasteiger partial charge in [0.15, 0.2) is 5.65 Å². The van der Waals surface area contributed by atoms with Gasteiger partial charge in [-0.2, -0.15) is 10.4 Å². The zero-order valence-corrected chi connectivity index (χ0v) is 15.7. The van der Waals surface area contributed by atoms with E-state index in [0.29, 0.717) is 47.6 Å². The quantitative estimate of drug-likeness (QED) is 0.609. The molecule has 28 heavy (non-hydrogen) atoms. The molecule has 0 fully saturated rings. The summed E-state index contributed by atoms with van der Waals surface area (Å²) < 4.78 is 8.37. The van der Waals surface area contributed by atoms with Crippen LogP contribution in [-0.2, 0) is 18.4 Å². The van der Waals surface area contributed by atoms with Crippen molar-refractivity contribution in [2.45, 2.75) is 19.9 Å². The van der Waals surface area contributed by atoms with E-state index in [2.05, 4.69) is 21.5 Å². The molecule has 3 rings (SSSR count). The van der Waals surface area contributed by atoms with Crippen molar-refractivity contribution in [3.63, 3.8) is 0 Å². The van der Waals surface area contributed by atoms with Crippen molar-refractivity contribution in [1.29, 1.82) is 5.26 Å². The average Bonchev–Trinajstić information content (AvgIpc) is 2.98. The number of nitrogens with one attached hydrogen (secondary N) is 1. The maximum absolute atomic E-state index is 12.5. The monoisotopic (exact) mass is 380 g/mol. The van der Waals surface area contributed by atoms with Crippen LogP contribution in [0.1, 0.15) is 17.7 Å². The van der Waals surface area contributed by atoms with Gasteiger partial charge in [-0.15, -0.1) is 0 Å². The number of fused-ring (bicyclic) bond motifs is 1. The molecule has 0 atom stereocenters. The Bertz CT molecular complexity index is 1110. The van der Waals surface area contributed by atoms with Gasteiger partial charge in [0, 0.05) is 13.6 Å². The van der Waals surface area contributed by atoms with Gasteiger partial charge in [-0.25, -0.2) is 9.67 Å². The van der Waals surface area contributed by atoms with Crippen molar-refractivity contribution in [3.8, 4) is 11.8 Å². The number of aromatic nitrogens is 4. The molecule has 0 aliphatic rings. The summed E-state index contributed by atoms with van der Waals surface area (Å²) in [5.41, 5.74) is 1.33. The Morgan fingerprint density at radius 2 is 2.21 bits per heavy atom. The van der Waals surface area contributed by atoms with Crippen LogP contribution in [0.3, 0.4) is 0 Å². The number of benzene rings is 1. The van der Waals surface area contributed by atoms with E-state index in [9.17, 15) is 9.59 Å². The summed E-state index contributed by atoms with van der Waals surface area (Å²) >= 11 is 0. The summed E-state index contributed by atoms with van der Waals surface area (Å²) in [6, 6.07) is 8.94. The third-order valence-electron chi connectivity index (χ3n) is 4.18. The largest absolute Gasteiger partial charge is 0.493 e. The lowest BCUT2D eigenvalue weighted by Crippen LogP contribution is -2.33. The van der Waals surface area contributed by atoms with Gasteiger partial charge in [0.1, 0.15) is 24.0 Å². The number of carbonyl (C=O) groups is 1. The molecule has 0 aliphatic heterocycles. The standard InChI is InChI=1S/C19H20N6O3/c1-13-17-18(24(2)23-13)22-12-25(19(17)27)11-16(26)21-7-4-8-28-15-6-3-5-14(9-15)10-20/h3,5-6,9,12H,4,7-8,11H2,1-2H3,(H,21,26). The molecule has 0 saturated carbocycles. The van der Waals surface area contributed by atoms with Gasteiger partial charge in [-0.3, -0.25) is 14.2 Å². The second kappa shape index (κ2) is 8.35. The first-order valence-corrected chi connectivity index (χ1v) is 8.78. The number of amides is 1. The van der Waals surface area contributed by atoms with Crippen LogP contribution >= 0.6 is 0 Å². The lowest BCUT2D eigenvalue weighted by atomic mass is 10.2. The Morgan fingerprint density at radius 3 is 3.00 bits per heavy atom. The van der Waals surface area contributed by atoms with Crippen molar-refractivity contribution in [3.05, 3.63) is 52.2 Å². The lowest BCUT2D eigenvalue weighted by molar-refractivity contribution is -0.121. The van der Waals surface area contributed by atoms with E-state index in [1.807, 2.05) is 0 Å². The minimum atomic E-state index is -0.286. The van der Waals surface area contributed by atoms with Crippen molar-refractivity contribution in [2.75, 3.05) is 13.2 Å². The molecule has 0 saturated heterocycles. The summed E-state index contributed by atoms with van der Waals surface area (Å²) in [5, 5.41) is 16.2. The zero-order valence-electron chi connectivity index (χ0n) is 15.7. The van der Waals surface area contributed by atoms with Crippen molar-refractivity contribution < 1.29 is 9.53 Å². The number of nitrogens with zero attached hydrogens (tertiary/aromatic N) is 5. The summed E-state index contributed by atoms with van der Waals surface area (Å²) in [4.78, 5) is 28.9. The number of carbonyl (C=O) groups excluding carboxylic acids is 1. The molecule has 0 spiro atoms. The van der Waals surface area contributed by atoms with E-state index >= 15 is 0 Å². The van der Waals surface area contributed by atoms with Gasteiger partial charge in [-0.05, 0) is 31.5 Å². The highest BCUT2D eigenvalue weighted by molar-refractivity contribution is 5.78. The van der Waals surface area contributed by atoms with E-state index in [1.54, 1.807) is 42.9 Å². The van der Waals surface area contributed by atoms with E-state index < -0.39 is 0 Å². The third kappa shape index (κ3) is 4.17. The molecule has 2 heterocycles. The van der Waals surface area contributed by atoms with Gasteiger partial charge in [-0.1, -0.05) is 6.07 Å². The molecule has 0 aliphatic carbocycles. The second-order valence-corrected chi connectivity index (χ2v) is 6.28. The lowest BCUT2D eigenvalue weighted by Gasteiger charge is -2.09. The van der Waals surface area contributed by atoms with Gasteiger partial charge in [0.2, 0.25) is 5.91 Å². The predicted octanol–water partition coefficient (Wildman–Crippen LogP) is 0.895. The summed E-state index contributed by atoms with van der Waals surface area (Å²) in [6.07, 6.45) is 1.95. The predicted molar refractivity (Wildman–Crippen MR) is 102 cm³/mol. The fourth-order valence-corrected chi connectivity index (χ4v) is 2.83. The number of ether oxygens (including phenoxy) is 1. The van der Waals surface area contributed by atoms with Gasteiger partial charge in [0.25, 0.3) is 5.56 Å². The maximum atomic E-state index is 12.5. The molecular formula is C19H20N6O3. The minimum absolute atomic E-state index is 0.110. The van der Waals surface area contributed by atoms with E-state index in [1.165, 1.54) is 10.9 Å². The summed E-state index contributed by atoms with van der Waals surface area (Å²) in [5.74, 6) is 0.333. The highest BCUT2D eigenvalue weighted by Crippen LogP contribution is 2.12. The fraction of sp³-hybridized carbons (Fsp3) is 0.316. The Balaban J connectivity index is 1.49. The van der Waals surface area contributed by atoms with E-state index in [-0.39, 0.29) is 18.0 Å². The van der Waals surface area contributed by atoms with Gasteiger partial charge < -0.3 is 10.1 Å². The molecule has 9 heteroatoms. The molecule has 0 bridgehead atoms. The Hall–Kier alpha value is -3.67. The molecular weight excluding hydrogens is 360 g/mol. The average molecular weight is 380 g/mol. The van der Waals surface area contributed by atoms with Crippen molar-refractivity contribution in [1.82, 2.24) is 24.6 Å². The number of aryl methyl sites for hydroxylation is 2. The Labute approximate surface area is 161 Å². The molecule has 0 radical (unpaired) electrons. The number of rotatable bonds is 7. The smallest absolute Gasteiger partial charge is 0.265 e. The van der Waals surface area contributed by atoms with Crippen LogP contribution in [0.5, 0.6) is 5.75 Å². The van der Waals surface area contributed by atoms with Crippen LogP contribution in [0.2, 0.25) is 0 Å². The third-order valence-corrected chi connectivity index (χ3v) is 4.18. The van der Waals surface area contributed by atoms with Gasteiger partial charge in [0.05, 0.1) is 23.9 Å². The Kier molecular flexibility index (Phi) is 5.69. The van der Waals surface area contributed by atoms with E-state index in [4.69, 9.17) is 10.00 Å². The molecule has 3 aromatic rings. The van der Waals surface area contributed by atoms with Crippen LogP contribution in [0.4, 0.5) is 0 Å². The number of hydrogen-bond donors (Lipinski definition) is 1. The van der Waals surface area contributed by atoms with Crippen LogP contribution in [0.15, 0.2) is 35.4 Å². The SMILES string of the molecule is Cc1nn(C)c2ncn(CC(=O)NCCCOc3cccc(C#N)c3)c(=O)c12. The van der Waals surface area contributed by atoms with Crippen molar-refractivity contribution >= 4 is 16.9 Å². The fourth-order valence-electron chi connectivity index (χ4n) is 2.83. The maximum Gasteiger partial charge on any atom is 0.265 e. The topological polar surface area (TPSA) is 115 Å². The number of nitriles is 1. The molecule has 0 unspecified atom stereocenters. The van der Waals surface area contributed by atoms with Crippen LogP contribution in [0, 0.1) is 18.3 Å². The highest BCUT2D eigenvalue weighted by Gasteiger charge is 2.13. The molecule has 1 aromatic carbocycles. The first-order chi connectivity index (χ1) is 13.5. The van der Waals surface area contributed by atoms with E-state index in [0.717, 1.165) is 0 Å². The normalized spacial score (nSPS) is 10.6. The molecule has 1 N–H and O–H groups in total. The highest BCUT2D eigenvalue weighted by atomic mass is 16.5. The first kappa shape index (κ1) is 19.1. The van der Waals surface area contributed by atoms with Crippen LogP contribution < -0.4 is 15.6 Å². The first-order valence-electron chi connectivity index (χ1n) is 8.78. The molecule has 2 aromatic heterocycles. The Morgan fingerprint density at radius 1 is 1.39 bits per heavy atom. The van der Waals surface area contributed by atoms with Crippen LogP contribution in [-0.4, -0.2) is 38.4 Å². The molecule has 1 amide bonds. The molecule has 9 nitrogen and oxygen atoms in total.